The molecule has 1 aliphatic carbocycles. The number of rotatable bonds is 12. The minimum atomic E-state index is -2.67. The first-order valence-corrected chi connectivity index (χ1v) is 13.1. The normalized spacial score (nSPS) is 12.4. The largest absolute Gasteiger partial charge is 0.500 e. The number of alkyl carbamates (subject to hydrolysis) is 1. The number of hydrogen-bond acceptors (Lipinski definition) is 5. The van der Waals surface area contributed by atoms with Gasteiger partial charge >= 0.3 is 14.9 Å². The van der Waals surface area contributed by atoms with E-state index in [2.05, 4.69) is 41.7 Å². The molecule has 0 fully saturated rings. The van der Waals surface area contributed by atoms with Crippen molar-refractivity contribution >= 4 is 14.9 Å². The Kier molecular flexibility index (Phi) is 8.66. The SMILES string of the molecule is CCO[Si](CCCNC(=O)OCc1ccc2c(c1)Cc1ccccc1-2)(OCC)OCC. The molecule has 31 heavy (non-hydrogen) atoms. The number of ether oxygens (including phenoxy) is 1. The topological polar surface area (TPSA) is 66.0 Å². The highest BCUT2D eigenvalue weighted by Gasteiger charge is 2.39. The third kappa shape index (κ3) is 6.17. The highest BCUT2D eigenvalue weighted by Crippen LogP contribution is 2.36. The second-order valence-corrected chi connectivity index (χ2v) is 10.1. The van der Waals surface area contributed by atoms with E-state index in [9.17, 15) is 4.79 Å². The summed E-state index contributed by atoms with van der Waals surface area (Å²) in [4.78, 5) is 12.1. The van der Waals surface area contributed by atoms with Gasteiger partial charge in [-0.25, -0.2) is 4.79 Å². The van der Waals surface area contributed by atoms with Crippen molar-refractivity contribution in [1.82, 2.24) is 5.32 Å². The van der Waals surface area contributed by atoms with E-state index in [0.717, 1.165) is 12.0 Å². The van der Waals surface area contributed by atoms with Gasteiger partial charge in [-0.05, 0) is 61.4 Å². The molecule has 0 atom stereocenters. The van der Waals surface area contributed by atoms with Crippen molar-refractivity contribution in [3.8, 4) is 11.1 Å². The number of benzene rings is 2. The van der Waals surface area contributed by atoms with Crippen LogP contribution in [0.1, 0.15) is 43.9 Å². The van der Waals surface area contributed by atoms with Crippen LogP contribution in [-0.2, 0) is 31.0 Å². The fourth-order valence-electron chi connectivity index (χ4n) is 3.98. The Bertz CT molecular complexity index is 856. The van der Waals surface area contributed by atoms with E-state index in [1.54, 1.807) is 0 Å². The van der Waals surface area contributed by atoms with Gasteiger partial charge in [-0.15, -0.1) is 0 Å². The molecule has 1 aliphatic rings. The molecule has 0 bridgehead atoms. The van der Waals surface area contributed by atoms with Crippen molar-refractivity contribution in [3.63, 3.8) is 0 Å². The summed E-state index contributed by atoms with van der Waals surface area (Å²) in [6.07, 6.45) is 1.22. The van der Waals surface area contributed by atoms with E-state index in [-0.39, 0.29) is 6.61 Å². The van der Waals surface area contributed by atoms with E-state index in [1.165, 1.54) is 22.3 Å². The molecule has 0 radical (unpaired) electrons. The van der Waals surface area contributed by atoms with Crippen molar-refractivity contribution in [2.24, 2.45) is 0 Å². The van der Waals surface area contributed by atoms with E-state index in [1.807, 2.05) is 26.8 Å². The lowest BCUT2D eigenvalue weighted by molar-refractivity contribution is 0.0706. The summed E-state index contributed by atoms with van der Waals surface area (Å²) in [6, 6.07) is 15.4. The van der Waals surface area contributed by atoms with E-state index < -0.39 is 14.9 Å². The van der Waals surface area contributed by atoms with Gasteiger partial charge in [0.2, 0.25) is 0 Å². The summed E-state index contributed by atoms with van der Waals surface area (Å²) >= 11 is 0. The zero-order valence-electron chi connectivity index (χ0n) is 18.7. The van der Waals surface area contributed by atoms with Gasteiger partial charge in [0.25, 0.3) is 0 Å². The summed E-state index contributed by atoms with van der Waals surface area (Å²) in [5.41, 5.74) is 6.20. The van der Waals surface area contributed by atoms with E-state index in [4.69, 9.17) is 18.0 Å². The van der Waals surface area contributed by atoms with Crippen LogP contribution in [0, 0.1) is 0 Å². The first kappa shape index (κ1) is 23.5. The molecule has 0 heterocycles. The first-order chi connectivity index (χ1) is 15.1. The number of nitrogens with one attached hydrogen (secondary N) is 1. The molecule has 0 saturated heterocycles. The lowest BCUT2D eigenvalue weighted by Crippen LogP contribution is -2.46. The number of carbonyl (C=O) groups is 1. The minimum absolute atomic E-state index is 0.255. The molecule has 0 aliphatic heterocycles. The van der Waals surface area contributed by atoms with Gasteiger partial charge in [0.1, 0.15) is 6.61 Å². The second-order valence-electron chi connectivity index (χ2n) is 7.41. The van der Waals surface area contributed by atoms with Crippen LogP contribution in [0.4, 0.5) is 4.79 Å². The number of amides is 1. The molecule has 7 heteroatoms. The quantitative estimate of drug-likeness (QED) is 0.318. The van der Waals surface area contributed by atoms with Gasteiger partial charge in [-0.3, -0.25) is 0 Å². The van der Waals surface area contributed by atoms with Crippen LogP contribution in [0.15, 0.2) is 42.5 Å². The Morgan fingerprint density at radius 2 is 1.61 bits per heavy atom. The number of carbonyl (C=O) groups excluding carboxylic acids is 1. The lowest BCUT2D eigenvalue weighted by atomic mass is 10.0. The summed E-state index contributed by atoms with van der Waals surface area (Å²) < 4.78 is 22.9. The van der Waals surface area contributed by atoms with E-state index >= 15 is 0 Å². The lowest BCUT2D eigenvalue weighted by Gasteiger charge is -2.28. The Morgan fingerprint density at radius 3 is 2.32 bits per heavy atom. The molecule has 1 N–H and O–H groups in total. The van der Waals surface area contributed by atoms with Crippen molar-refractivity contribution in [3.05, 3.63) is 59.2 Å². The summed E-state index contributed by atoms with van der Waals surface area (Å²) in [5, 5.41) is 2.81. The zero-order chi connectivity index (χ0) is 22.1. The third-order valence-corrected chi connectivity index (χ3v) is 8.40. The van der Waals surface area contributed by atoms with Crippen molar-refractivity contribution in [2.45, 2.75) is 46.3 Å². The standard InChI is InChI=1S/C24H33NO5Si/c1-4-28-31(29-5-2,30-6-3)15-9-14-25-24(26)27-18-19-12-13-23-21(16-19)17-20-10-7-8-11-22(20)23/h7-8,10-13,16H,4-6,9,14-15,17-18H2,1-3H3,(H,25,26). The second kappa shape index (κ2) is 11.4. The van der Waals surface area contributed by atoms with Crippen molar-refractivity contribution in [2.75, 3.05) is 26.4 Å². The highest BCUT2D eigenvalue weighted by molar-refractivity contribution is 6.60. The fraction of sp³-hybridized carbons (Fsp3) is 0.458. The van der Waals surface area contributed by atoms with E-state index in [0.29, 0.717) is 38.8 Å². The monoisotopic (exact) mass is 443 g/mol. The van der Waals surface area contributed by atoms with Crippen molar-refractivity contribution in [1.29, 1.82) is 0 Å². The van der Waals surface area contributed by atoms with Crippen LogP contribution < -0.4 is 5.32 Å². The highest BCUT2D eigenvalue weighted by atomic mass is 28.4. The molecule has 6 nitrogen and oxygen atoms in total. The van der Waals surface area contributed by atoms with Crippen LogP contribution in [-0.4, -0.2) is 41.3 Å². The Balaban J connectivity index is 1.43. The van der Waals surface area contributed by atoms with Crippen LogP contribution >= 0.6 is 0 Å². The van der Waals surface area contributed by atoms with Gasteiger partial charge < -0.3 is 23.3 Å². The van der Waals surface area contributed by atoms with Crippen LogP contribution in [0.3, 0.4) is 0 Å². The van der Waals surface area contributed by atoms with Crippen LogP contribution in [0.2, 0.25) is 6.04 Å². The molecular weight excluding hydrogens is 410 g/mol. The predicted octanol–water partition coefficient (Wildman–Crippen LogP) is 4.92. The van der Waals surface area contributed by atoms with Gasteiger partial charge in [0.05, 0.1) is 0 Å². The zero-order valence-corrected chi connectivity index (χ0v) is 19.7. The number of hydrogen-bond donors (Lipinski definition) is 1. The average Bonchev–Trinajstić information content (AvgIpc) is 3.14. The fourth-order valence-corrected chi connectivity index (χ4v) is 6.60. The molecule has 0 unspecified atom stereocenters. The van der Waals surface area contributed by atoms with Gasteiger partial charge in [-0.2, -0.15) is 0 Å². The molecule has 168 valence electrons. The first-order valence-electron chi connectivity index (χ1n) is 11.1. The molecule has 3 rings (SSSR count). The molecule has 0 aromatic heterocycles. The van der Waals surface area contributed by atoms with Gasteiger partial charge in [-0.1, -0.05) is 42.5 Å². The molecule has 2 aromatic rings. The Morgan fingerprint density at radius 1 is 0.935 bits per heavy atom. The van der Waals surface area contributed by atoms with Crippen LogP contribution in [0.25, 0.3) is 11.1 Å². The smallest absolute Gasteiger partial charge is 0.445 e. The Hall–Kier alpha value is -2.19. The average molecular weight is 444 g/mol. The maximum atomic E-state index is 12.1. The Labute approximate surface area is 186 Å². The summed E-state index contributed by atoms with van der Waals surface area (Å²) in [5.74, 6) is 0. The maximum absolute atomic E-state index is 12.1. The molecule has 1 amide bonds. The molecule has 0 saturated carbocycles. The van der Waals surface area contributed by atoms with Gasteiger partial charge in [0, 0.05) is 32.4 Å². The van der Waals surface area contributed by atoms with Gasteiger partial charge in [0.15, 0.2) is 0 Å². The predicted molar refractivity (Wildman–Crippen MR) is 123 cm³/mol. The molecule has 0 spiro atoms. The summed E-state index contributed by atoms with van der Waals surface area (Å²) in [7, 11) is -2.67. The molecular formula is C24H33NO5Si. The summed E-state index contributed by atoms with van der Waals surface area (Å²) in [6.45, 7) is 8.20. The maximum Gasteiger partial charge on any atom is 0.500 e. The van der Waals surface area contributed by atoms with Crippen LogP contribution in [0.5, 0.6) is 0 Å². The third-order valence-electron chi connectivity index (χ3n) is 5.25. The minimum Gasteiger partial charge on any atom is -0.445 e. The molecule has 2 aromatic carbocycles. The number of fused-ring (bicyclic) bond motifs is 3. The van der Waals surface area contributed by atoms with Crippen molar-refractivity contribution < 1.29 is 22.8 Å².